The molecule has 0 saturated carbocycles. The molecule has 0 aliphatic carbocycles. The first kappa shape index (κ1) is 22.1. The third-order valence-electron chi connectivity index (χ3n) is 5.45. The minimum atomic E-state index is -0.430. The quantitative estimate of drug-likeness (QED) is 0.350. The molecule has 0 bridgehead atoms. The van der Waals surface area contributed by atoms with Crippen LogP contribution in [0.2, 0.25) is 0 Å². The predicted molar refractivity (Wildman–Crippen MR) is 123 cm³/mol. The minimum Gasteiger partial charge on any atom is -0.486 e. The fourth-order valence-electron chi connectivity index (χ4n) is 3.76. The summed E-state index contributed by atoms with van der Waals surface area (Å²) in [5, 5.41) is 0. The van der Waals surface area contributed by atoms with Gasteiger partial charge in [0.05, 0.1) is 13.0 Å². The van der Waals surface area contributed by atoms with E-state index in [2.05, 4.69) is 15.9 Å². The van der Waals surface area contributed by atoms with Gasteiger partial charge in [-0.1, -0.05) is 40.2 Å². The Labute approximate surface area is 195 Å². The molecular weight excluding hydrogens is 474 g/mol. The van der Waals surface area contributed by atoms with E-state index in [1.807, 2.05) is 73.0 Å². The molecular formula is C25H24BrNO5. The molecule has 2 heterocycles. The lowest BCUT2D eigenvalue weighted by Crippen LogP contribution is -2.33. The van der Waals surface area contributed by atoms with Crippen LogP contribution in [0.15, 0.2) is 59.1 Å². The van der Waals surface area contributed by atoms with Crippen LogP contribution in [0.3, 0.4) is 0 Å². The lowest BCUT2D eigenvalue weighted by Gasteiger charge is -2.27. The number of ether oxygens (including phenoxy) is 3. The van der Waals surface area contributed by atoms with E-state index in [0.717, 1.165) is 32.9 Å². The van der Waals surface area contributed by atoms with E-state index in [-0.39, 0.29) is 24.9 Å². The molecule has 0 spiro atoms. The minimum absolute atomic E-state index is 0.125. The Morgan fingerprint density at radius 3 is 2.56 bits per heavy atom. The number of hydrogen-bond donors (Lipinski definition) is 0. The van der Waals surface area contributed by atoms with Crippen molar-refractivity contribution in [2.75, 3.05) is 13.2 Å². The van der Waals surface area contributed by atoms with Crippen molar-refractivity contribution in [3.8, 4) is 11.5 Å². The Kier molecular flexibility index (Phi) is 6.65. The van der Waals surface area contributed by atoms with Crippen molar-refractivity contribution in [1.29, 1.82) is 0 Å². The SMILES string of the molecule is Cc1cc(C(=O)COC(=O)Cc2ccc(Br)cc2)c(C)n1CC1COc2ccccc2O1. The first-order chi connectivity index (χ1) is 15.4. The van der Waals surface area contributed by atoms with Gasteiger partial charge < -0.3 is 18.8 Å². The van der Waals surface area contributed by atoms with E-state index in [1.54, 1.807) is 0 Å². The van der Waals surface area contributed by atoms with Crippen LogP contribution in [-0.2, 0) is 22.5 Å². The van der Waals surface area contributed by atoms with E-state index in [4.69, 9.17) is 14.2 Å². The number of benzene rings is 2. The van der Waals surface area contributed by atoms with Crippen LogP contribution in [0.5, 0.6) is 11.5 Å². The second kappa shape index (κ2) is 9.61. The van der Waals surface area contributed by atoms with Gasteiger partial charge in [-0.3, -0.25) is 9.59 Å². The number of ketones is 1. The molecule has 0 fully saturated rings. The molecule has 1 aliphatic rings. The Morgan fingerprint density at radius 1 is 1.09 bits per heavy atom. The third kappa shape index (κ3) is 5.05. The maximum Gasteiger partial charge on any atom is 0.310 e. The van der Waals surface area contributed by atoms with Crippen molar-refractivity contribution in [2.45, 2.75) is 32.9 Å². The molecule has 1 unspecified atom stereocenters. The molecule has 2 aromatic carbocycles. The zero-order valence-corrected chi connectivity index (χ0v) is 19.6. The number of hydrogen-bond acceptors (Lipinski definition) is 5. The summed E-state index contributed by atoms with van der Waals surface area (Å²) < 4.78 is 20.1. The first-order valence-corrected chi connectivity index (χ1v) is 11.2. The van der Waals surface area contributed by atoms with Crippen LogP contribution >= 0.6 is 15.9 Å². The lowest BCUT2D eigenvalue weighted by molar-refractivity contribution is -0.141. The third-order valence-corrected chi connectivity index (χ3v) is 5.98. The van der Waals surface area contributed by atoms with Gasteiger partial charge in [0, 0.05) is 21.4 Å². The highest BCUT2D eigenvalue weighted by molar-refractivity contribution is 9.10. The van der Waals surface area contributed by atoms with Gasteiger partial charge in [-0.15, -0.1) is 0 Å². The van der Waals surface area contributed by atoms with Gasteiger partial charge in [0.1, 0.15) is 6.61 Å². The summed E-state index contributed by atoms with van der Waals surface area (Å²) in [5.41, 5.74) is 3.14. The molecule has 0 saturated heterocycles. The molecule has 1 atom stereocenters. The molecule has 1 aromatic heterocycles. The average molecular weight is 498 g/mol. The predicted octanol–water partition coefficient (Wildman–Crippen LogP) is 4.68. The molecule has 6 nitrogen and oxygen atoms in total. The highest BCUT2D eigenvalue weighted by Gasteiger charge is 2.24. The number of halogens is 1. The first-order valence-electron chi connectivity index (χ1n) is 10.4. The summed E-state index contributed by atoms with van der Waals surface area (Å²) in [6, 6.07) is 16.8. The van der Waals surface area contributed by atoms with Crippen molar-refractivity contribution in [2.24, 2.45) is 0 Å². The van der Waals surface area contributed by atoms with Gasteiger partial charge >= 0.3 is 5.97 Å². The molecule has 0 N–H and O–H groups in total. The fourth-order valence-corrected chi connectivity index (χ4v) is 4.03. The molecule has 166 valence electrons. The second-order valence-electron chi connectivity index (χ2n) is 7.78. The Morgan fingerprint density at radius 2 is 1.81 bits per heavy atom. The van der Waals surface area contributed by atoms with Crippen molar-refractivity contribution in [1.82, 2.24) is 4.57 Å². The standard InChI is InChI=1S/C25H24BrNO5/c1-16-11-21(22(28)15-31-25(29)12-18-7-9-19(26)10-8-18)17(2)27(16)13-20-14-30-23-5-3-4-6-24(23)32-20/h3-11,20H,12-15H2,1-2H3. The fraction of sp³-hybridized carbons (Fsp3) is 0.280. The van der Waals surface area contributed by atoms with E-state index >= 15 is 0 Å². The normalized spacial score (nSPS) is 14.8. The maximum absolute atomic E-state index is 12.7. The Hall–Kier alpha value is -3.06. The van der Waals surface area contributed by atoms with Gasteiger partial charge in [-0.2, -0.15) is 0 Å². The molecule has 7 heteroatoms. The van der Waals surface area contributed by atoms with Gasteiger partial charge in [-0.25, -0.2) is 0 Å². The zero-order chi connectivity index (χ0) is 22.7. The van der Waals surface area contributed by atoms with Crippen LogP contribution in [0.1, 0.15) is 27.3 Å². The number of aryl methyl sites for hydroxylation is 1. The zero-order valence-electron chi connectivity index (χ0n) is 18.0. The van der Waals surface area contributed by atoms with E-state index in [1.165, 1.54) is 0 Å². The summed E-state index contributed by atoms with van der Waals surface area (Å²) in [7, 11) is 0. The largest absolute Gasteiger partial charge is 0.486 e. The van der Waals surface area contributed by atoms with Gasteiger partial charge in [0.15, 0.2) is 24.2 Å². The lowest BCUT2D eigenvalue weighted by atomic mass is 10.1. The number of carbonyl (C=O) groups is 2. The summed E-state index contributed by atoms with van der Waals surface area (Å²) >= 11 is 3.36. The van der Waals surface area contributed by atoms with Gasteiger partial charge in [-0.05, 0) is 49.7 Å². The summed E-state index contributed by atoms with van der Waals surface area (Å²) in [5.74, 6) is 0.811. The Bertz CT molecular complexity index is 1140. The van der Waals surface area contributed by atoms with Gasteiger partial charge in [0.25, 0.3) is 0 Å². The van der Waals surface area contributed by atoms with Crippen molar-refractivity contribution in [3.05, 3.63) is 81.6 Å². The molecule has 0 amide bonds. The molecule has 32 heavy (non-hydrogen) atoms. The van der Waals surface area contributed by atoms with E-state index in [9.17, 15) is 9.59 Å². The van der Waals surface area contributed by atoms with Crippen LogP contribution in [0, 0.1) is 13.8 Å². The van der Waals surface area contributed by atoms with Crippen LogP contribution in [0.4, 0.5) is 0 Å². The number of fused-ring (bicyclic) bond motifs is 1. The smallest absolute Gasteiger partial charge is 0.310 e. The van der Waals surface area contributed by atoms with Crippen LogP contribution < -0.4 is 9.47 Å². The van der Waals surface area contributed by atoms with Gasteiger partial charge in [0.2, 0.25) is 5.78 Å². The highest BCUT2D eigenvalue weighted by atomic mass is 79.9. The second-order valence-corrected chi connectivity index (χ2v) is 8.70. The number of Topliss-reactive ketones (excluding diaryl/α,β-unsaturated/α-hetero) is 1. The summed E-state index contributed by atoms with van der Waals surface area (Å²) in [6.45, 7) is 4.55. The van der Waals surface area contributed by atoms with E-state index < -0.39 is 5.97 Å². The number of rotatable bonds is 7. The molecule has 1 aliphatic heterocycles. The van der Waals surface area contributed by atoms with Crippen LogP contribution in [-0.4, -0.2) is 35.6 Å². The van der Waals surface area contributed by atoms with E-state index in [0.29, 0.717) is 18.7 Å². The van der Waals surface area contributed by atoms with Crippen LogP contribution in [0.25, 0.3) is 0 Å². The topological polar surface area (TPSA) is 66.8 Å². The number of para-hydroxylation sites is 2. The maximum atomic E-state index is 12.7. The Balaban J connectivity index is 1.36. The summed E-state index contributed by atoms with van der Waals surface area (Å²) in [4.78, 5) is 24.9. The van der Waals surface area contributed by atoms with Crippen molar-refractivity contribution >= 4 is 27.7 Å². The number of esters is 1. The average Bonchev–Trinajstić information content (AvgIpc) is 3.07. The monoisotopic (exact) mass is 497 g/mol. The van der Waals surface area contributed by atoms with Crippen molar-refractivity contribution < 1.29 is 23.8 Å². The molecule has 4 rings (SSSR count). The molecule has 3 aromatic rings. The van der Waals surface area contributed by atoms with Crippen molar-refractivity contribution in [3.63, 3.8) is 0 Å². The molecule has 0 radical (unpaired) electrons. The highest BCUT2D eigenvalue weighted by Crippen LogP contribution is 2.31. The number of aromatic nitrogens is 1. The number of carbonyl (C=O) groups excluding carboxylic acids is 2. The number of nitrogens with zero attached hydrogens (tertiary/aromatic N) is 1. The summed E-state index contributed by atoms with van der Waals surface area (Å²) in [6.07, 6.45) is -0.0403.